The number of carbonyl (C=O) groups excluding carboxylic acids is 1. The highest BCUT2D eigenvalue weighted by atomic mass is 16.6. The molecule has 1 heterocycles. The van der Waals surface area contributed by atoms with E-state index in [0.29, 0.717) is 19.1 Å². The molecule has 0 aromatic carbocycles. The van der Waals surface area contributed by atoms with Crippen LogP contribution in [-0.2, 0) is 17.8 Å². The average molecular weight is 311 g/mol. The predicted octanol–water partition coefficient (Wildman–Crippen LogP) is 0.416. The molecule has 22 heavy (non-hydrogen) atoms. The molecule has 0 spiro atoms. The van der Waals surface area contributed by atoms with Crippen LogP contribution in [0.3, 0.4) is 0 Å². The molecule has 0 aliphatic heterocycles. The van der Waals surface area contributed by atoms with Crippen molar-refractivity contribution < 1.29 is 14.6 Å². The number of ether oxygens (including phenoxy) is 1. The molecule has 3 N–H and O–H groups in total. The fraction of sp³-hybridized carbons (Fsp3) is 0.786. The molecule has 0 atom stereocenters. The van der Waals surface area contributed by atoms with Crippen molar-refractivity contribution in [2.24, 2.45) is 0 Å². The van der Waals surface area contributed by atoms with Gasteiger partial charge in [0.25, 0.3) is 0 Å². The third-order valence-electron chi connectivity index (χ3n) is 3.35. The lowest BCUT2D eigenvalue weighted by Gasteiger charge is -2.36. The van der Waals surface area contributed by atoms with Gasteiger partial charge >= 0.3 is 6.09 Å². The maximum Gasteiger partial charge on any atom is 0.407 e. The van der Waals surface area contributed by atoms with E-state index in [0.717, 1.165) is 18.5 Å². The Labute approximate surface area is 130 Å². The molecule has 1 aliphatic rings. The highest BCUT2D eigenvalue weighted by molar-refractivity contribution is 5.68. The zero-order chi connectivity index (χ0) is 16.2. The van der Waals surface area contributed by atoms with E-state index >= 15 is 0 Å². The van der Waals surface area contributed by atoms with Gasteiger partial charge < -0.3 is 20.5 Å². The number of hydrogen-bond donors (Lipinski definition) is 3. The van der Waals surface area contributed by atoms with Gasteiger partial charge in [-0.1, -0.05) is 5.21 Å². The van der Waals surface area contributed by atoms with Crippen LogP contribution in [0.15, 0.2) is 6.20 Å². The van der Waals surface area contributed by atoms with E-state index in [2.05, 4.69) is 20.9 Å². The Morgan fingerprint density at radius 1 is 1.45 bits per heavy atom. The minimum Gasteiger partial charge on any atom is -0.444 e. The lowest BCUT2D eigenvalue weighted by molar-refractivity contribution is 0.0465. The summed E-state index contributed by atoms with van der Waals surface area (Å²) in [7, 11) is 0. The molecular formula is C14H25N5O3. The van der Waals surface area contributed by atoms with Gasteiger partial charge in [-0.2, -0.15) is 0 Å². The van der Waals surface area contributed by atoms with Crippen LogP contribution in [0.1, 0.15) is 39.3 Å². The first-order valence-electron chi connectivity index (χ1n) is 7.58. The van der Waals surface area contributed by atoms with Gasteiger partial charge in [-0.25, -0.2) is 9.48 Å². The van der Waals surface area contributed by atoms with Crippen LogP contribution in [0.4, 0.5) is 4.79 Å². The van der Waals surface area contributed by atoms with Gasteiger partial charge in [-0.15, -0.1) is 5.10 Å². The Balaban J connectivity index is 1.62. The summed E-state index contributed by atoms with van der Waals surface area (Å²) in [4.78, 5) is 11.6. The van der Waals surface area contributed by atoms with Gasteiger partial charge in [0.2, 0.25) is 0 Å². The Bertz CT molecular complexity index is 491. The molecular weight excluding hydrogens is 286 g/mol. The zero-order valence-electron chi connectivity index (χ0n) is 13.4. The minimum atomic E-state index is -0.466. The van der Waals surface area contributed by atoms with Crippen molar-refractivity contribution in [3.05, 3.63) is 11.9 Å². The number of hydrogen-bond acceptors (Lipinski definition) is 6. The van der Waals surface area contributed by atoms with Crippen molar-refractivity contribution in [1.29, 1.82) is 0 Å². The van der Waals surface area contributed by atoms with E-state index in [1.165, 1.54) is 0 Å². The van der Waals surface area contributed by atoms with Crippen molar-refractivity contribution in [1.82, 2.24) is 25.6 Å². The summed E-state index contributed by atoms with van der Waals surface area (Å²) < 4.78 is 6.84. The highest BCUT2D eigenvalue weighted by Crippen LogP contribution is 2.21. The third-order valence-corrected chi connectivity index (χ3v) is 3.35. The fourth-order valence-electron chi connectivity index (χ4n) is 2.26. The van der Waals surface area contributed by atoms with Crippen LogP contribution < -0.4 is 10.6 Å². The van der Waals surface area contributed by atoms with Crippen molar-refractivity contribution in [2.75, 3.05) is 6.61 Å². The summed E-state index contributed by atoms with van der Waals surface area (Å²) in [6.45, 7) is 6.69. The minimum absolute atomic E-state index is 0.0524. The predicted molar refractivity (Wildman–Crippen MR) is 80.1 cm³/mol. The standard InChI is InChI=1S/C14H25N5O3/c1-14(2,3)22-13(21)16-11-6-10(7-11)15-8-12-9-19(4-5-20)18-17-12/h9-11,15,20H,4-8H2,1-3H3,(H,16,21). The molecule has 1 saturated carbocycles. The van der Waals surface area contributed by atoms with Gasteiger partial charge in [-0.3, -0.25) is 0 Å². The SMILES string of the molecule is CC(C)(C)OC(=O)NC1CC(NCc2cn(CCO)nn2)C1. The monoisotopic (exact) mass is 311 g/mol. The van der Waals surface area contributed by atoms with Gasteiger partial charge in [0, 0.05) is 24.8 Å². The van der Waals surface area contributed by atoms with E-state index in [1.54, 1.807) is 4.68 Å². The Hall–Kier alpha value is -1.67. The molecule has 124 valence electrons. The molecule has 1 fully saturated rings. The highest BCUT2D eigenvalue weighted by Gasteiger charge is 2.31. The summed E-state index contributed by atoms with van der Waals surface area (Å²) in [5.74, 6) is 0. The van der Waals surface area contributed by atoms with Crippen LogP contribution in [0.2, 0.25) is 0 Å². The molecule has 2 rings (SSSR count). The van der Waals surface area contributed by atoms with Crippen molar-refractivity contribution in [3.8, 4) is 0 Å². The molecule has 0 unspecified atom stereocenters. The van der Waals surface area contributed by atoms with Crippen molar-refractivity contribution in [3.63, 3.8) is 0 Å². The second-order valence-corrected chi connectivity index (χ2v) is 6.59. The number of amides is 1. The van der Waals surface area contributed by atoms with Gasteiger partial charge in [0.05, 0.1) is 18.8 Å². The number of aliphatic hydroxyl groups is 1. The molecule has 0 saturated heterocycles. The maximum atomic E-state index is 11.6. The quantitative estimate of drug-likeness (QED) is 0.703. The fourth-order valence-corrected chi connectivity index (χ4v) is 2.26. The van der Waals surface area contributed by atoms with E-state index in [-0.39, 0.29) is 18.7 Å². The maximum absolute atomic E-state index is 11.6. The normalized spacial score (nSPS) is 21.3. The van der Waals surface area contributed by atoms with Crippen LogP contribution in [0.25, 0.3) is 0 Å². The second-order valence-electron chi connectivity index (χ2n) is 6.59. The van der Waals surface area contributed by atoms with Crippen LogP contribution >= 0.6 is 0 Å². The summed E-state index contributed by atoms with van der Waals surface area (Å²) in [6.07, 6.45) is 3.22. The summed E-state index contributed by atoms with van der Waals surface area (Å²) in [6, 6.07) is 0.528. The molecule has 1 aliphatic carbocycles. The van der Waals surface area contributed by atoms with Crippen molar-refractivity contribution in [2.45, 2.75) is 64.4 Å². The average Bonchev–Trinajstić information content (AvgIpc) is 2.78. The van der Waals surface area contributed by atoms with Crippen LogP contribution in [0, 0.1) is 0 Å². The molecule has 8 nitrogen and oxygen atoms in total. The largest absolute Gasteiger partial charge is 0.444 e. The third kappa shape index (κ3) is 5.27. The Kier molecular flexibility index (Phi) is 5.36. The van der Waals surface area contributed by atoms with E-state index in [9.17, 15) is 4.79 Å². The van der Waals surface area contributed by atoms with Crippen molar-refractivity contribution >= 4 is 6.09 Å². The lowest BCUT2D eigenvalue weighted by Crippen LogP contribution is -2.53. The lowest BCUT2D eigenvalue weighted by atomic mass is 9.87. The number of carbonyl (C=O) groups is 1. The summed E-state index contributed by atoms with van der Waals surface area (Å²) >= 11 is 0. The first-order valence-corrected chi connectivity index (χ1v) is 7.58. The first kappa shape index (κ1) is 16.7. The first-order chi connectivity index (χ1) is 10.4. The summed E-state index contributed by atoms with van der Waals surface area (Å²) in [5.41, 5.74) is 0.378. The number of rotatable bonds is 6. The smallest absolute Gasteiger partial charge is 0.407 e. The number of aliphatic hydroxyl groups excluding tert-OH is 1. The van der Waals surface area contributed by atoms with E-state index in [1.807, 2.05) is 27.0 Å². The van der Waals surface area contributed by atoms with Crippen LogP contribution in [0.5, 0.6) is 0 Å². The Morgan fingerprint density at radius 2 is 2.18 bits per heavy atom. The molecule has 1 amide bonds. The zero-order valence-corrected chi connectivity index (χ0v) is 13.4. The topological polar surface area (TPSA) is 101 Å². The number of nitrogens with one attached hydrogen (secondary N) is 2. The number of aromatic nitrogens is 3. The molecule has 0 bridgehead atoms. The van der Waals surface area contributed by atoms with E-state index in [4.69, 9.17) is 9.84 Å². The Morgan fingerprint density at radius 3 is 2.82 bits per heavy atom. The summed E-state index contributed by atoms with van der Waals surface area (Å²) in [5, 5.41) is 23.0. The molecule has 0 radical (unpaired) electrons. The molecule has 1 aromatic rings. The van der Waals surface area contributed by atoms with Crippen LogP contribution in [-0.4, -0.2) is 50.5 Å². The van der Waals surface area contributed by atoms with Gasteiger partial charge in [0.15, 0.2) is 0 Å². The van der Waals surface area contributed by atoms with Gasteiger partial charge in [-0.05, 0) is 33.6 Å². The molecule has 8 heteroatoms. The van der Waals surface area contributed by atoms with Gasteiger partial charge in [0.1, 0.15) is 5.60 Å². The second kappa shape index (κ2) is 7.06. The molecule has 1 aromatic heterocycles. The van der Waals surface area contributed by atoms with E-state index < -0.39 is 5.60 Å². The number of nitrogens with zero attached hydrogens (tertiary/aromatic N) is 3. The number of alkyl carbamates (subject to hydrolysis) is 1.